The zero-order valence-electron chi connectivity index (χ0n) is 9.35. The molecule has 1 heterocycles. The summed E-state index contributed by atoms with van der Waals surface area (Å²) < 4.78 is 13.9. The fraction of sp³-hybridized carbons (Fsp3) is 0. The van der Waals surface area contributed by atoms with Crippen LogP contribution in [0.3, 0.4) is 0 Å². The number of halogens is 1. The van der Waals surface area contributed by atoms with Crippen molar-refractivity contribution >= 4 is 0 Å². The minimum absolute atomic E-state index is 0.0849. The zero-order valence-corrected chi connectivity index (χ0v) is 9.35. The van der Waals surface area contributed by atoms with Crippen molar-refractivity contribution in [3.63, 3.8) is 0 Å². The Morgan fingerprint density at radius 1 is 1.16 bits per heavy atom. The fourth-order valence-electron chi connectivity index (χ4n) is 1.54. The molecule has 0 fully saturated rings. The molecule has 0 bridgehead atoms. The second kappa shape index (κ2) is 4.59. The van der Waals surface area contributed by atoms with E-state index < -0.39 is 17.1 Å². The van der Waals surface area contributed by atoms with Crippen LogP contribution in [0.1, 0.15) is 11.1 Å². The molecule has 0 aliphatic carbocycles. The molecule has 92 valence electrons. The van der Waals surface area contributed by atoms with Gasteiger partial charge in [-0.05, 0) is 18.2 Å². The number of hydrogen-bond donors (Lipinski definition) is 1. The van der Waals surface area contributed by atoms with Crippen LogP contribution in [0.15, 0.2) is 34.0 Å². The minimum Gasteiger partial charge on any atom is -0.273 e. The van der Waals surface area contributed by atoms with Crippen LogP contribution in [0, 0.1) is 28.5 Å². The topological polar surface area (TPSA) is 102 Å². The van der Waals surface area contributed by atoms with Gasteiger partial charge in [0, 0.05) is 6.20 Å². The van der Waals surface area contributed by atoms with Crippen LogP contribution < -0.4 is 11.2 Å². The van der Waals surface area contributed by atoms with E-state index in [1.807, 2.05) is 4.98 Å². The summed E-state index contributed by atoms with van der Waals surface area (Å²) in [5.41, 5.74) is -1.91. The lowest BCUT2D eigenvalue weighted by Gasteiger charge is -2.07. The molecule has 7 heteroatoms. The molecule has 1 N–H and O–H groups in total. The summed E-state index contributed by atoms with van der Waals surface area (Å²) in [4.78, 5) is 24.9. The van der Waals surface area contributed by atoms with Gasteiger partial charge in [-0.25, -0.2) is 9.18 Å². The lowest BCUT2D eigenvalue weighted by atomic mass is 10.2. The Hall–Kier alpha value is -3.19. The van der Waals surface area contributed by atoms with Crippen molar-refractivity contribution in [3.05, 3.63) is 62.2 Å². The van der Waals surface area contributed by atoms with Crippen molar-refractivity contribution in [1.29, 1.82) is 10.5 Å². The van der Waals surface area contributed by atoms with Crippen LogP contribution in [0.2, 0.25) is 0 Å². The van der Waals surface area contributed by atoms with Crippen LogP contribution in [0.5, 0.6) is 0 Å². The van der Waals surface area contributed by atoms with E-state index in [1.165, 1.54) is 6.07 Å². The molecule has 1 aromatic heterocycles. The summed E-state index contributed by atoms with van der Waals surface area (Å²) in [6.45, 7) is 0. The second-order valence-corrected chi connectivity index (χ2v) is 3.56. The van der Waals surface area contributed by atoms with Gasteiger partial charge in [0.25, 0.3) is 5.56 Å². The van der Waals surface area contributed by atoms with Crippen molar-refractivity contribution in [2.75, 3.05) is 0 Å². The van der Waals surface area contributed by atoms with Gasteiger partial charge in [-0.2, -0.15) is 10.5 Å². The molecule has 0 saturated carbocycles. The van der Waals surface area contributed by atoms with E-state index >= 15 is 0 Å². The van der Waals surface area contributed by atoms with Crippen molar-refractivity contribution in [2.45, 2.75) is 0 Å². The summed E-state index contributed by atoms with van der Waals surface area (Å²) in [5, 5.41) is 17.6. The maximum atomic E-state index is 13.0. The highest BCUT2D eigenvalue weighted by Gasteiger charge is 2.10. The SMILES string of the molecule is N#Cc1cc(F)ccc1-n1cc(C#N)c(=O)[nH]c1=O. The first kappa shape index (κ1) is 12.3. The monoisotopic (exact) mass is 256 g/mol. The number of nitrogens with one attached hydrogen (secondary N) is 1. The standard InChI is InChI=1S/C12H5FN4O2/c13-9-1-2-10(7(3-9)4-14)17-6-8(5-15)11(18)16-12(17)19/h1-3,6H,(H,16,18,19). The summed E-state index contributed by atoms with van der Waals surface area (Å²) in [6.07, 6.45) is 1.01. The zero-order chi connectivity index (χ0) is 14.0. The van der Waals surface area contributed by atoms with E-state index in [0.717, 1.165) is 22.9 Å². The van der Waals surface area contributed by atoms with Crippen molar-refractivity contribution in [3.8, 4) is 17.8 Å². The highest BCUT2D eigenvalue weighted by molar-refractivity contribution is 5.49. The normalized spacial score (nSPS) is 9.63. The number of nitriles is 2. The molecule has 0 aliphatic rings. The van der Waals surface area contributed by atoms with Crippen LogP contribution in [0.25, 0.3) is 5.69 Å². The van der Waals surface area contributed by atoms with Gasteiger partial charge in [0.1, 0.15) is 23.5 Å². The molecular formula is C12H5FN4O2. The number of aromatic amines is 1. The van der Waals surface area contributed by atoms with Gasteiger partial charge in [-0.3, -0.25) is 14.3 Å². The summed E-state index contributed by atoms with van der Waals surface area (Å²) in [5.74, 6) is -0.627. The molecule has 0 amide bonds. The van der Waals surface area contributed by atoms with E-state index in [-0.39, 0.29) is 16.8 Å². The van der Waals surface area contributed by atoms with Gasteiger partial charge in [0.15, 0.2) is 0 Å². The van der Waals surface area contributed by atoms with Crippen LogP contribution >= 0.6 is 0 Å². The molecule has 0 unspecified atom stereocenters. The molecule has 0 atom stereocenters. The van der Waals surface area contributed by atoms with Crippen molar-refractivity contribution in [2.24, 2.45) is 0 Å². The van der Waals surface area contributed by atoms with Gasteiger partial charge in [-0.1, -0.05) is 0 Å². The molecule has 0 spiro atoms. The van der Waals surface area contributed by atoms with E-state index in [1.54, 1.807) is 12.1 Å². The van der Waals surface area contributed by atoms with Crippen molar-refractivity contribution in [1.82, 2.24) is 9.55 Å². The molecule has 0 radical (unpaired) electrons. The number of hydrogen-bond acceptors (Lipinski definition) is 4. The molecule has 2 aromatic rings. The summed E-state index contributed by atoms with van der Waals surface area (Å²) in [7, 11) is 0. The quantitative estimate of drug-likeness (QED) is 0.797. The Kier molecular flexibility index (Phi) is 2.96. The summed E-state index contributed by atoms with van der Waals surface area (Å²) in [6, 6.07) is 6.60. The van der Waals surface area contributed by atoms with Crippen LogP contribution in [0.4, 0.5) is 4.39 Å². The third-order valence-electron chi connectivity index (χ3n) is 2.40. The summed E-state index contributed by atoms with van der Waals surface area (Å²) >= 11 is 0. The van der Waals surface area contributed by atoms with Crippen LogP contribution in [-0.2, 0) is 0 Å². The number of benzene rings is 1. The second-order valence-electron chi connectivity index (χ2n) is 3.56. The first-order chi connectivity index (χ1) is 9.06. The predicted octanol–water partition coefficient (Wildman–Crippen LogP) is 0.408. The highest BCUT2D eigenvalue weighted by Crippen LogP contribution is 2.13. The number of rotatable bonds is 1. The lowest BCUT2D eigenvalue weighted by molar-refractivity contribution is 0.626. The Balaban J connectivity index is 2.81. The molecule has 2 rings (SSSR count). The molecule has 0 aliphatic heterocycles. The number of H-pyrrole nitrogens is 1. The Morgan fingerprint density at radius 2 is 1.84 bits per heavy atom. The van der Waals surface area contributed by atoms with Gasteiger partial charge in [-0.15, -0.1) is 0 Å². The van der Waals surface area contributed by atoms with Gasteiger partial charge < -0.3 is 0 Å². The third kappa shape index (κ3) is 2.13. The molecule has 6 nitrogen and oxygen atoms in total. The van der Waals surface area contributed by atoms with E-state index in [9.17, 15) is 14.0 Å². The number of aromatic nitrogens is 2. The average Bonchev–Trinajstić information content (AvgIpc) is 2.39. The lowest BCUT2D eigenvalue weighted by Crippen LogP contribution is -2.30. The first-order valence-corrected chi connectivity index (χ1v) is 5.03. The largest absolute Gasteiger partial charge is 0.333 e. The first-order valence-electron chi connectivity index (χ1n) is 5.03. The van der Waals surface area contributed by atoms with E-state index in [2.05, 4.69) is 0 Å². The van der Waals surface area contributed by atoms with Gasteiger partial charge >= 0.3 is 5.69 Å². The Morgan fingerprint density at radius 3 is 2.47 bits per heavy atom. The minimum atomic E-state index is -0.815. The maximum Gasteiger partial charge on any atom is 0.333 e. The predicted molar refractivity (Wildman–Crippen MR) is 62.0 cm³/mol. The Bertz CT molecular complexity index is 852. The highest BCUT2D eigenvalue weighted by atomic mass is 19.1. The van der Waals surface area contributed by atoms with Crippen LogP contribution in [-0.4, -0.2) is 9.55 Å². The number of nitrogens with zero attached hydrogens (tertiary/aromatic N) is 3. The van der Waals surface area contributed by atoms with E-state index in [0.29, 0.717) is 0 Å². The average molecular weight is 256 g/mol. The maximum absolute atomic E-state index is 13.0. The third-order valence-corrected chi connectivity index (χ3v) is 2.40. The molecule has 1 aromatic carbocycles. The van der Waals surface area contributed by atoms with Gasteiger partial charge in [0.05, 0.1) is 11.3 Å². The van der Waals surface area contributed by atoms with E-state index in [4.69, 9.17) is 10.5 Å². The fourth-order valence-corrected chi connectivity index (χ4v) is 1.54. The molecule has 19 heavy (non-hydrogen) atoms. The van der Waals surface area contributed by atoms with Crippen molar-refractivity contribution < 1.29 is 4.39 Å². The Labute approximate surface area is 105 Å². The smallest absolute Gasteiger partial charge is 0.273 e. The molecular weight excluding hydrogens is 251 g/mol. The molecule has 0 saturated heterocycles. The van der Waals surface area contributed by atoms with Gasteiger partial charge in [0.2, 0.25) is 0 Å².